The maximum atomic E-state index is 12.5. The number of sulfone groups is 1. The Labute approximate surface area is 147 Å². The average molecular weight is 389 g/mol. The zero-order valence-electron chi connectivity index (χ0n) is 13.6. The molecule has 2 rings (SSSR count). The predicted molar refractivity (Wildman–Crippen MR) is 95.5 cm³/mol. The number of hydrogen-bond acceptors (Lipinski definition) is 6. The first kappa shape index (κ1) is 19.1. The van der Waals surface area contributed by atoms with Gasteiger partial charge in [0.2, 0.25) is 10.0 Å². The van der Waals surface area contributed by atoms with Crippen molar-refractivity contribution < 1.29 is 16.8 Å². The van der Waals surface area contributed by atoms with Gasteiger partial charge >= 0.3 is 0 Å². The molecule has 0 aliphatic rings. The highest BCUT2D eigenvalue weighted by Crippen LogP contribution is 2.23. The summed E-state index contributed by atoms with van der Waals surface area (Å²) in [5.74, 6) is 0. The van der Waals surface area contributed by atoms with Crippen LogP contribution in [-0.4, -0.2) is 48.6 Å². The van der Waals surface area contributed by atoms with Crippen LogP contribution in [-0.2, 0) is 19.9 Å². The molecule has 1 aromatic carbocycles. The van der Waals surface area contributed by atoms with E-state index in [0.29, 0.717) is 0 Å². The summed E-state index contributed by atoms with van der Waals surface area (Å²) < 4.78 is 50.7. The molecule has 0 fully saturated rings. The Bertz CT molecular complexity index is 889. The van der Waals surface area contributed by atoms with E-state index in [9.17, 15) is 16.8 Å². The van der Waals surface area contributed by atoms with Crippen LogP contribution >= 0.6 is 11.3 Å². The van der Waals surface area contributed by atoms with Gasteiger partial charge in [0.15, 0.2) is 9.84 Å². The van der Waals surface area contributed by atoms with Crippen molar-refractivity contribution in [2.45, 2.75) is 15.8 Å². The van der Waals surface area contributed by atoms with E-state index in [-0.39, 0.29) is 22.4 Å². The number of nitrogens with one attached hydrogen (secondary N) is 1. The van der Waals surface area contributed by atoms with E-state index in [0.717, 1.165) is 11.1 Å². The molecule has 1 atom stereocenters. The van der Waals surface area contributed by atoms with Gasteiger partial charge in [0.25, 0.3) is 0 Å². The molecule has 1 aromatic heterocycles. The summed E-state index contributed by atoms with van der Waals surface area (Å²) in [6, 6.07) is 9.13. The summed E-state index contributed by atoms with van der Waals surface area (Å²) in [7, 11) is -3.51. The molecule has 9 heteroatoms. The van der Waals surface area contributed by atoms with Crippen LogP contribution in [0.3, 0.4) is 0 Å². The van der Waals surface area contributed by atoms with Gasteiger partial charge in [-0.3, -0.25) is 0 Å². The first-order chi connectivity index (χ1) is 11.1. The number of sulfonamides is 1. The standard InChI is InChI=1S/C15H20N2O4S3/c1-17(2)14(15-8-5-9-22-15)11-16-24(20,21)13-7-4-6-12(10-13)23(3,18)19/h4-10,14,16H,11H2,1-3H3. The van der Waals surface area contributed by atoms with Crippen LogP contribution < -0.4 is 4.72 Å². The van der Waals surface area contributed by atoms with Crippen molar-refractivity contribution in [3.05, 3.63) is 46.7 Å². The summed E-state index contributed by atoms with van der Waals surface area (Å²) in [4.78, 5) is 2.90. The summed E-state index contributed by atoms with van der Waals surface area (Å²) in [5.41, 5.74) is 0. The molecule has 1 unspecified atom stereocenters. The van der Waals surface area contributed by atoms with Gasteiger partial charge in [-0.2, -0.15) is 0 Å². The third kappa shape index (κ3) is 4.64. The molecule has 1 N–H and O–H groups in total. The van der Waals surface area contributed by atoms with Crippen LogP contribution in [0, 0.1) is 0 Å². The number of rotatable bonds is 7. The summed E-state index contributed by atoms with van der Waals surface area (Å²) in [5, 5.41) is 1.94. The summed E-state index contributed by atoms with van der Waals surface area (Å²) in [6.07, 6.45) is 1.05. The lowest BCUT2D eigenvalue weighted by molar-refractivity contribution is 0.303. The topological polar surface area (TPSA) is 83.6 Å². The quantitative estimate of drug-likeness (QED) is 0.781. The van der Waals surface area contributed by atoms with Gasteiger partial charge in [-0.15, -0.1) is 11.3 Å². The second-order valence-corrected chi connectivity index (χ2v) is 10.4. The molecule has 0 amide bonds. The van der Waals surface area contributed by atoms with Gasteiger partial charge in [-0.25, -0.2) is 21.6 Å². The molecule has 0 radical (unpaired) electrons. The minimum atomic E-state index is -3.80. The van der Waals surface area contributed by atoms with Gasteiger partial charge in [0, 0.05) is 17.7 Å². The van der Waals surface area contributed by atoms with Gasteiger partial charge in [-0.05, 0) is 43.7 Å². The molecule has 132 valence electrons. The van der Waals surface area contributed by atoms with Gasteiger partial charge in [0.05, 0.1) is 15.8 Å². The van der Waals surface area contributed by atoms with E-state index in [1.807, 2.05) is 36.5 Å². The minimum absolute atomic E-state index is 0.0206. The average Bonchev–Trinajstić information content (AvgIpc) is 3.00. The maximum Gasteiger partial charge on any atom is 0.240 e. The van der Waals surface area contributed by atoms with E-state index < -0.39 is 19.9 Å². The van der Waals surface area contributed by atoms with Crippen molar-refractivity contribution in [1.29, 1.82) is 0 Å². The molecule has 24 heavy (non-hydrogen) atoms. The first-order valence-electron chi connectivity index (χ1n) is 7.11. The Kier molecular flexibility index (Phi) is 5.82. The highest BCUT2D eigenvalue weighted by molar-refractivity contribution is 7.91. The monoisotopic (exact) mass is 388 g/mol. The van der Waals surface area contributed by atoms with E-state index in [4.69, 9.17) is 0 Å². The van der Waals surface area contributed by atoms with Crippen LogP contribution in [0.4, 0.5) is 0 Å². The van der Waals surface area contributed by atoms with Crippen molar-refractivity contribution in [3.8, 4) is 0 Å². The highest BCUT2D eigenvalue weighted by Gasteiger charge is 2.21. The lowest BCUT2D eigenvalue weighted by Gasteiger charge is -2.23. The van der Waals surface area contributed by atoms with E-state index >= 15 is 0 Å². The highest BCUT2D eigenvalue weighted by atomic mass is 32.2. The maximum absolute atomic E-state index is 12.5. The van der Waals surface area contributed by atoms with Crippen molar-refractivity contribution >= 4 is 31.2 Å². The van der Waals surface area contributed by atoms with Crippen LogP contribution in [0.1, 0.15) is 10.9 Å². The SMILES string of the molecule is CN(C)C(CNS(=O)(=O)c1cccc(S(C)(=O)=O)c1)c1cccs1. The van der Waals surface area contributed by atoms with Crippen LogP contribution in [0.5, 0.6) is 0 Å². The normalized spacial score (nSPS) is 14.0. The second-order valence-electron chi connectivity index (χ2n) is 5.59. The molecule has 0 bridgehead atoms. The van der Waals surface area contributed by atoms with Crippen LogP contribution in [0.15, 0.2) is 51.6 Å². The molecule has 0 aliphatic carbocycles. The molecule has 0 saturated heterocycles. The summed E-state index contributed by atoms with van der Waals surface area (Å²) in [6.45, 7) is 0.193. The molecular weight excluding hydrogens is 368 g/mol. The number of thiophene rings is 1. The second kappa shape index (κ2) is 7.32. The molecule has 2 aromatic rings. The molecule has 6 nitrogen and oxygen atoms in total. The molecular formula is C15H20N2O4S3. The molecule has 0 saturated carbocycles. The Morgan fingerprint density at radius 2 is 1.75 bits per heavy atom. The van der Waals surface area contributed by atoms with Crippen molar-refractivity contribution in [2.75, 3.05) is 26.9 Å². The third-order valence-corrected chi connectivity index (χ3v) is 7.01. The molecule has 1 heterocycles. The van der Waals surface area contributed by atoms with E-state index in [2.05, 4.69) is 4.72 Å². The van der Waals surface area contributed by atoms with Crippen LogP contribution in [0.2, 0.25) is 0 Å². The number of nitrogens with zero attached hydrogens (tertiary/aromatic N) is 1. The van der Waals surface area contributed by atoms with Gasteiger partial charge in [0.1, 0.15) is 0 Å². The van der Waals surface area contributed by atoms with Crippen LogP contribution in [0.25, 0.3) is 0 Å². The lowest BCUT2D eigenvalue weighted by Crippen LogP contribution is -2.34. The Morgan fingerprint density at radius 1 is 1.08 bits per heavy atom. The fourth-order valence-electron chi connectivity index (χ4n) is 2.16. The fraction of sp³-hybridized carbons (Fsp3) is 0.333. The zero-order chi connectivity index (χ0) is 18.0. The Balaban J connectivity index is 2.22. The number of hydrogen-bond donors (Lipinski definition) is 1. The zero-order valence-corrected chi connectivity index (χ0v) is 16.1. The lowest BCUT2D eigenvalue weighted by atomic mass is 10.2. The molecule has 0 spiro atoms. The fourth-order valence-corrected chi connectivity index (χ4v) is 4.91. The number of likely N-dealkylation sites (N-methyl/N-ethyl adjacent to an activating group) is 1. The predicted octanol–water partition coefficient (Wildman–Crippen LogP) is 1.73. The number of benzene rings is 1. The summed E-state index contributed by atoms with van der Waals surface area (Å²) >= 11 is 1.56. The molecule has 0 aliphatic heterocycles. The van der Waals surface area contributed by atoms with Crippen molar-refractivity contribution in [3.63, 3.8) is 0 Å². The third-order valence-electron chi connectivity index (χ3n) is 3.51. The van der Waals surface area contributed by atoms with E-state index in [1.54, 1.807) is 11.3 Å². The largest absolute Gasteiger partial charge is 0.300 e. The van der Waals surface area contributed by atoms with Crippen molar-refractivity contribution in [1.82, 2.24) is 9.62 Å². The van der Waals surface area contributed by atoms with Crippen molar-refractivity contribution in [2.24, 2.45) is 0 Å². The van der Waals surface area contributed by atoms with Gasteiger partial charge < -0.3 is 4.90 Å². The Hall–Kier alpha value is -1.26. The minimum Gasteiger partial charge on any atom is -0.300 e. The van der Waals surface area contributed by atoms with E-state index in [1.165, 1.54) is 24.3 Å². The smallest absolute Gasteiger partial charge is 0.240 e. The van der Waals surface area contributed by atoms with Gasteiger partial charge in [-0.1, -0.05) is 12.1 Å². The first-order valence-corrected chi connectivity index (χ1v) is 11.4. The Morgan fingerprint density at radius 3 is 2.29 bits per heavy atom.